The first-order valence-electron chi connectivity index (χ1n) is 11.1. The zero-order chi connectivity index (χ0) is 24.7. The maximum atomic E-state index is 13.6. The summed E-state index contributed by atoms with van der Waals surface area (Å²) in [5, 5.41) is 11.4. The molecule has 3 aromatic rings. The third-order valence-corrected chi connectivity index (χ3v) is 6.31. The van der Waals surface area contributed by atoms with E-state index in [0.29, 0.717) is 41.5 Å². The van der Waals surface area contributed by atoms with E-state index in [1.807, 2.05) is 11.9 Å². The average Bonchev–Trinajstić information content (AvgIpc) is 3.14. The largest absolute Gasteiger partial charge is 0.507 e. The Morgan fingerprint density at radius 2 is 1.83 bits per heavy atom. The number of aliphatic hydroxyl groups is 1. The Bertz CT molecular complexity index is 1350. The number of carbonyl (C=O) groups is 2. The summed E-state index contributed by atoms with van der Waals surface area (Å²) in [6.07, 6.45) is 0. The maximum absolute atomic E-state index is 13.6. The Morgan fingerprint density at radius 1 is 1.09 bits per heavy atom. The molecular weight excluding hydrogens is 451 g/mol. The zero-order valence-electron chi connectivity index (χ0n) is 19.2. The standard InChI is InChI=1S/C27H23FN2O5/c1-29-13-14-35-22-12-7-16(15-20(22)29)25(31)23-24(19-5-3-4-6-21(19)34-2)30(27(33)26(23)32)18-10-8-17(28)9-11-18/h3-12,15,24,31H,13-14H2,1-2H3/b25-23+. The lowest BCUT2D eigenvalue weighted by molar-refractivity contribution is -0.132. The molecule has 1 fully saturated rings. The van der Waals surface area contributed by atoms with Gasteiger partial charge in [0.25, 0.3) is 11.7 Å². The summed E-state index contributed by atoms with van der Waals surface area (Å²) in [5.74, 6) is -1.35. The normalized spacial score (nSPS) is 18.9. The second-order valence-corrected chi connectivity index (χ2v) is 8.34. The summed E-state index contributed by atoms with van der Waals surface area (Å²) in [4.78, 5) is 29.9. The quantitative estimate of drug-likeness (QED) is 0.345. The van der Waals surface area contributed by atoms with Crippen molar-refractivity contribution in [1.29, 1.82) is 0 Å². The number of carbonyl (C=O) groups excluding carboxylic acids is 2. The van der Waals surface area contributed by atoms with E-state index in [2.05, 4.69) is 0 Å². The second-order valence-electron chi connectivity index (χ2n) is 8.34. The number of ketones is 1. The second kappa shape index (κ2) is 8.79. The van der Waals surface area contributed by atoms with E-state index in [9.17, 15) is 19.1 Å². The molecule has 2 aliphatic heterocycles. The smallest absolute Gasteiger partial charge is 0.300 e. The minimum Gasteiger partial charge on any atom is -0.507 e. The molecule has 1 saturated heterocycles. The number of hydrogen-bond acceptors (Lipinski definition) is 6. The Labute approximate surface area is 201 Å². The van der Waals surface area contributed by atoms with Gasteiger partial charge in [0.2, 0.25) is 0 Å². The summed E-state index contributed by atoms with van der Waals surface area (Å²) < 4.78 is 24.8. The van der Waals surface area contributed by atoms with E-state index in [1.54, 1.807) is 42.5 Å². The van der Waals surface area contributed by atoms with Gasteiger partial charge in [-0.15, -0.1) is 0 Å². The summed E-state index contributed by atoms with van der Waals surface area (Å²) in [7, 11) is 3.40. The number of amides is 1. The van der Waals surface area contributed by atoms with Gasteiger partial charge < -0.3 is 19.5 Å². The summed E-state index contributed by atoms with van der Waals surface area (Å²) in [6, 6.07) is 16.4. The number of benzene rings is 3. The van der Waals surface area contributed by atoms with Crippen LogP contribution in [0.25, 0.3) is 5.76 Å². The molecule has 0 saturated carbocycles. The number of halogens is 1. The van der Waals surface area contributed by atoms with Gasteiger partial charge in [-0.05, 0) is 48.5 Å². The molecule has 0 bridgehead atoms. The highest BCUT2D eigenvalue weighted by Gasteiger charge is 2.48. The molecule has 0 radical (unpaired) electrons. The number of aliphatic hydroxyl groups excluding tert-OH is 1. The van der Waals surface area contributed by atoms with Gasteiger partial charge in [-0.1, -0.05) is 18.2 Å². The van der Waals surface area contributed by atoms with Crippen LogP contribution in [0.1, 0.15) is 17.2 Å². The Kier molecular flexibility index (Phi) is 5.64. The molecule has 1 atom stereocenters. The predicted octanol–water partition coefficient (Wildman–Crippen LogP) is 4.29. The summed E-state index contributed by atoms with van der Waals surface area (Å²) in [6.45, 7) is 1.22. The van der Waals surface area contributed by atoms with Crippen LogP contribution in [-0.2, 0) is 9.59 Å². The first-order chi connectivity index (χ1) is 16.9. The van der Waals surface area contributed by atoms with Gasteiger partial charge in [0, 0.05) is 23.9 Å². The van der Waals surface area contributed by atoms with Gasteiger partial charge in [-0.3, -0.25) is 14.5 Å². The van der Waals surface area contributed by atoms with Crippen LogP contribution in [0.5, 0.6) is 11.5 Å². The van der Waals surface area contributed by atoms with Gasteiger partial charge in [0.15, 0.2) is 0 Å². The minimum absolute atomic E-state index is 0.0804. The fourth-order valence-corrected chi connectivity index (χ4v) is 4.54. The van der Waals surface area contributed by atoms with E-state index in [4.69, 9.17) is 9.47 Å². The van der Waals surface area contributed by atoms with Crippen molar-refractivity contribution in [2.24, 2.45) is 0 Å². The van der Waals surface area contributed by atoms with E-state index in [-0.39, 0.29) is 11.3 Å². The molecule has 5 rings (SSSR count). The molecule has 7 nitrogen and oxygen atoms in total. The Morgan fingerprint density at radius 3 is 2.57 bits per heavy atom. The number of hydrogen-bond donors (Lipinski definition) is 1. The lowest BCUT2D eigenvalue weighted by Gasteiger charge is -2.28. The van der Waals surface area contributed by atoms with E-state index in [1.165, 1.54) is 36.3 Å². The van der Waals surface area contributed by atoms with Crippen molar-refractivity contribution >= 4 is 28.8 Å². The van der Waals surface area contributed by atoms with E-state index in [0.717, 1.165) is 5.69 Å². The predicted molar refractivity (Wildman–Crippen MR) is 129 cm³/mol. The number of methoxy groups -OCH3 is 1. The highest BCUT2D eigenvalue weighted by Crippen LogP contribution is 2.45. The number of nitrogens with zero attached hydrogens (tertiary/aromatic N) is 2. The van der Waals surface area contributed by atoms with Crippen molar-refractivity contribution in [3.8, 4) is 11.5 Å². The van der Waals surface area contributed by atoms with Gasteiger partial charge in [-0.2, -0.15) is 0 Å². The number of para-hydroxylation sites is 1. The monoisotopic (exact) mass is 474 g/mol. The summed E-state index contributed by atoms with van der Waals surface area (Å²) in [5.41, 5.74) is 1.89. The third-order valence-electron chi connectivity index (χ3n) is 6.31. The molecule has 2 heterocycles. The fraction of sp³-hybridized carbons (Fsp3) is 0.185. The van der Waals surface area contributed by atoms with Crippen LogP contribution in [0.2, 0.25) is 0 Å². The van der Waals surface area contributed by atoms with Crippen LogP contribution in [0.15, 0.2) is 72.3 Å². The topological polar surface area (TPSA) is 79.3 Å². The summed E-state index contributed by atoms with van der Waals surface area (Å²) >= 11 is 0. The van der Waals surface area contributed by atoms with Crippen LogP contribution in [-0.4, -0.2) is 44.1 Å². The molecule has 3 aromatic carbocycles. The highest BCUT2D eigenvalue weighted by molar-refractivity contribution is 6.51. The number of rotatable bonds is 4. The van der Waals surface area contributed by atoms with Crippen molar-refractivity contribution in [1.82, 2.24) is 0 Å². The Hall–Kier alpha value is -4.33. The lowest BCUT2D eigenvalue weighted by Crippen LogP contribution is -2.29. The molecule has 178 valence electrons. The SMILES string of the molecule is COc1ccccc1C1/C(=C(\O)c2ccc3c(c2)N(C)CCO3)C(=O)C(=O)N1c1ccc(F)cc1. The molecule has 35 heavy (non-hydrogen) atoms. The van der Waals surface area contributed by atoms with Crippen molar-refractivity contribution in [3.05, 3.63) is 89.2 Å². The number of Topliss-reactive ketones (excluding diaryl/α,β-unsaturated/α-hetero) is 1. The number of fused-ring (bicyclic) bond motifs is 1. The van der Waals surface area contributed by atoms with E-state index < -0.39 is 23.5 Å². The third kappa shape index (κ3) is 3.77. The minimum atomic E-state index is -0.985. The van der Waals surface area contributed by atoms with E-state index >= 15 is 0 Å². The average molecular weight is 474 g/mol. The van der Waals surface area contributed by atoms with Crippen LogP contribution in [0.4, 0.5) is 15.8 Å². The van der Waals surface area contributed by atoms with Gasteiger partial charge in [-0.25, -0.2) is 4.39 Å². The van der Waals surface area contributed by atoms with Crippen molar-refractivity contribution in [3.63, 3.8) is 0 Å². The van der Waals surface area contributed by atoms with Crippen molar-refractivity contribution in [2.75, 3.05) is 37.1 Å². The highest BCUT2D eigenvalue weighted by atomic mass is 19.1. The first kappa shape index (κ1) is 22.5. The first-order valence-corrected chi connectivity index (χ1v) is 11.1. The zero-order valence-corrected chi connectivity index (χ0v) is 19.2. The maximum Gasteiger partial charge on any atom is 0.300 e. The van der Waals surface area contributed by atoms with Gasteiger partial charge >= 0.3 is 0 Å². The van der Waals surface area contributed by atoms with Crippen molar-refractivity contribution < 1.29 is 28.6 Å². The van der Waals surface area contributed by atoms with Gasteiger partial charge in [0.1, 0.15) is 29.7 Å². The van der Waals surface area contributed by atoms with Crippen LogP contribution >= 0.6 is 0 Å². The molecule has 0 aliphatic carbocycles. The molecule has 8 heteroatoms. The number of anilines is 2. The van der Waals surface area contributed by atoms with Crippen molar-refractivity contribution in [2.45, 2.75) is 6.04 Å². The van der Waals surface area contributed by atoms with Crippen LogP contribution in [0, 0.1) is 5.82 Å². The molecule has 1 amide bonds. The molecule has 1 N–H and O–H groups in total. The molecule has 0 aromatic heterocycles. The van der Waals surface area contributed by atoms with Crippen LogP contribution < -0.4 is 19.3 Å². The number of ether oxygens (including phenoxy) is 2. The molecular formula is C27H23FN2O5. The fourth-order valence-electron chi connectivity index (χ4n) is 4.54. The molecule has 1 unspecified atom stereocenters. The molecule has 2 aliphatic rings. The lowest BCUT2D eigenvalue weighted by atomic mass is 9.94. The van der Waals surface area contributed by atoms with Crippen LogP contribution in [0.3, 0.4) is 0 Å². The Balaban J connectivity index is 1.72. The van der Waals surface area contributed by atoms with Gasteiger partial charge in [0.05, 0.1) is 31.0 Å². The molecule has 0 spiro atoms. The number of likely N-dealkylation sites (N-methyl/N-ethyl adjacent to an activating group) is 1.